The Morgan fingerprint density at radius 3 is 1.89 bits per heavy atom. The third-order valence-corrected chi connectivity index (χ3v) is 22.2. The zero-order valence-corrected chi connectivity index (χ0v) is 50.5. The average molecular weight is 1270 g/mol. The fourth-order valence-corrected chi connectivity index (χ4v) is 15.9. The fourth-order valence-electron chi connectivity index (χ4n) is 13.0. The summed E-state index contributed by atoms with van der Waals surface area (Å²) in [6.45, 7) is 13.8. The zero-order valence-electron chi connectivity index (χ0n) is 44.7. The second-order valence-electron chi connectivity index (χ2n) is 21.6. The normalized spacial score (nSPS) is 31.5. The third kappa shape index (κ3) is 9.66. The first-order valence-electron chi connectivity index (χ1n) is 26.1. The van der Waals surface area contributed by atoms with Gasteiger partial charge in [-0.25, -0.2) is 9.59 Å². The summed E-state index contributed by atoms with van der Waals surface area (Å²) in [6, 6.07) is 33.9. The van der Waals surface area contributed by atoms with Crippen LogP contribution >= 0.6 is 0 Å². The van der Waals surface area contributed by atoms with Crippen LogP contribution in [0.2, 0.25) is 18.1 Å². The van der Waals surface area contributed by atoms with E-state index in [1.807, 2.05) is 6.07 Å². The number of carbonyl (C=O) groups is 5. The van der Waals surface area contributed by atoms with Gasteiger partial charge in [0.15, 0.2) is 32.5 Å². The Hall–Kier alpha value is -4.57. The van der Waals surface area contributed by atoms with Gasteiger partial charge in [-0.15, -0.1) is 0 Å². The van der Waals surface area contributed by atoms with Gasteiger partial charge in [-0.3, -0.25) is 19.3 Å². The van der Waals surface area contributed by atoms with E-state index in [0.717, 1.165) is 0 Å². The van der Waals surface area contributed by atoms with Gasteiger partial charge in [0.1, 0.15) is 29.2 Å². The Morgan fingerprint density at radius 1 is 0.776 bits per heavy atom. The summed E-state index contributed by atoms with van der Waals surface area (Å²) in [7, 11) is -1.06. The van der Waals surface area contributed by atoms with Crippen molar-refractivity contribution in [3.05, 3.63) is 149 Å². The maximum absolute atomic E-state index is 16.4. The molecule has 7 unspecified atom stereocenters. The van der Waals surface area contributed by atoms with Gasteiger partial charge in [0.2, 0.25) is 0 Å². The number of esters is 3. The van der Waals surface area contributed by atoms with Crippen LogP contribution in [0.1, 0.15) is 112 Å². The number of carbonyl (C=O) groups excluding carboxylic acids is 5. The van der Waals surface area contributed by atoms with Gasteiger partial charge in [-0.2, -0.15) is 0 Å². The molecule has 1 amide bonds. The van der Waals surface area contributed by atoms with Crippen LogP contribution in [-0.2, 0) is 42.5 Å². The number of hydrogen-bond acceptors (Lipinski definition) is 14. The van der Waals surface area contributed by atoms with Gasteiger partial charge in [0.25, 0.3) is 5.91 Å². The Labute approximate surface area is 481 Å². The van der Waals surface area contributed by atoms with Crippen LogP contribution < -0.4 is 4.74 Å². The van der Waals surface area contributed by atoms with E-state index in [-0.39, 0.29) is 68.2 Å². The minimum Gasteiger partial charge on any atom is -0.497 e. The smallest absolute Gasteiger partial charge is 0.338 e. The number of ketones is 1. The number of methoxy groups -OCH3 is 1. The van der Waals surface area contributed by atoms with Crippen LogP contribution in [0, 0.1) is 60.8 Å². The Bertz CT molecular complexity index is 2820. The van der Waals surface area contributed by atoms with Crippen LogP contribution in [0.3, 0.4) is 0 Å². The molecule has 1 radical (unpaired) electrons. The number of benzene rings is 4. The van der Waals surface area contributed by atoms with Crippen molar-refractivity contribution < 1.29 is 111 Å². The van der Waals surface area contributed by atoms with Crippen LogP contribution in [0.25, 0.3) is 0 Å². The second kappa shape index (κ2) is 22.3. The van der Waals surface area contributed by atoms with E-state index in [2.05, 4.69) is 20.8 Å². The Balaban J connectivity index is 0.00000765. The molecule has 2 N–H and O–H groups in total. The molecule has 4 aromatic rings. The van der Waals surface area contributed by atoms with Crippen molar-refractivity contribution in [2.75, 3.05) is 13.7 Å². The molecule has 3 aliphatic carbocycles. The van der Waals surface area contributed by atoms with E-state index >= 15 is 9.59 Å². The molecule has 2 bridgehead atoms. The van der Waals surface area contributed by atoms with Crippen LogP contribution in [0.5, 0.6) is 5.75 Å². The summed E-state index contributed by atoms with van der Waals surface area (Å²) in [6.07, 6.45) is -9.57. The minimum atomic E-state index is -2.60. The van der Waals surface area contributed by atoms with Gasteiger partial charge in [-0.05, 0) is 85.1 Å². The van der Waals surface area contributed by atoms with E-state index in [4.69, 9.17) is 32.8 Å². The van der Waals surface area contributed by atoms with Crippen molar-refractivity contribution in [2.24, 2.45) is 16.7 Å². The predicted octanol–water partition coefficient (Wildman–Crippen LogP) is 8.65. The number of aliphatic hydroxyl groups is 2. The van der Waals surface area contributed by atoms with Crippen molar-refractivity contribution >= 4 is 37.9 Å². The first-order chi connectivity index (χ1) is 35.7. The molecule has 0 spiro atoms. The average Bonchev–Trinajstić information content (AvgIpc) is 3.98. The van der Waals surface area contributed by atoms with E-state index < -0.39 is 121 Å². The molecule has 2 saturated heterocycles. The zero-order chi connectivity index (χ0) is 53.8. The summed E-state index contributed by atoms with van der Waals surface area (Å²) in [5.41, 5.74) is -5.52. The van der Waals surface area contributed by atoms with E-state index in [1.165, 1.54) is 11.8 Å². The molecule has 2 heterocycles. The number of Topliss-reactive ketones (excluding diaryl/α,β-unsaturated/α-hetero) is 1. The molecule has 9 rings (SSSR count). The largest absolute Gasteiger partial charge is 0.497 e. The molecular formula is C59H69AcNO14Si. The van der Waals surface area contributed by atoms with Gasteiger partial charge in [0, 0.05) is 86.3 Å². The molecule has 17 heteroatoms. The second-order valence-corrected chi connectivity index (χ2v) is 26.3. The standard InChI is InChI=1S/C59H69NO14Si.Ac/c1-10-75(11-2,12-3)74-43-32-44-58(66,34-69-44)49-51(73-54(64)40-26-20-15-21-27-40)59(67)33-42(35(4)45(56(59,6)7)47(70-36(5)61)50(62)57(43,49)8)71-55(65)48-46(37-22-16-13-17-23-37)60(52(63)38-24-18-14-19-25-38)53(72-48)39-28-30-41(68-9)31-29-39;/h13-31,42-44,46-49,51,53,66-67H,10-12,32-34H2,1-9H3;/t42?,43-,44?,46-,47?,48?,49?,51-,53+,57+,58?,59?;/m0./s1. The summed E-state index contributed by atoms with van der Waals surface area (Å²) in [5.74, 6) is -4.46. The van der Waals surface area contributed by atoms with Gasteiger partial charge < -0.3 is 43.1 Å². The van der Waals surface area contributed by atoms with Crippen molar-refractivity contribution in [1.82, 2.24) is 4.90 Å². The molecule has 15 nitrogen and oxygen atoms in total. The molecule has 4 fully saturated rings. The van der Waals surface area contributed by atoms with Crippen molar-refractivity contribution in [2.45, 2.75) is 146 Å². The molecule has 2 aliphatic heterocycles. The number of fused-ring (bicyclic) bond motifs is 5. The maximum Gasteiger partial charge on any atom is 0.338 e. The molecule has 5 aliphatic rings. The minimum absolute atomic E-state index is 0. The third-order valence-electron chi connectivity index (χ3n) is 17.6. The fraction of sp³-hybridized carbons (Fsp3) is 0.475. The van der Waals surface area contributed by atoms with Gasteiger partial charge in [0.05, 0.1) is 42.9 Å². The number of amides is 1. The van der Waals surface area contributed by atoms with Crippen LogP contribution in [0.4, 0.5) is 0 Å². The summed E-state index contributed by atoms with van der Waals surface area (Å²) >= 11 is 0. The van der Waals surface area contributed by atoms with Gasteiger partial charge in [-0.1, -0.05) is 113 Å². The van der Waals surface area contributed by atoms with Crippen LogP contribution in [-0.4, -0.2) is 115 Å². The number of rotatable bonds is 14. The summed E-state index contributed by atoms with van der Waals surface area (Å²) in [5, 5.41) is 27.4. The van der Waals surface area contributed by atoms with Crippen molar-refractivity contribution in [1.29, 1.82) is 0 Å². The predicted molar refractivity (Wildman–Crippen MR) is 278 cm³/mol. The monoisotopic (exact) mass is 1270 g/mol. The molecule has 0 aromatic heterocycles. The number of hydrogen-bond donors (Lipinski definition) is 2. The number of ether oxygens (including phenoxy) is 6. The molecular weight excluding hydrogens is 1200 g/mol. The SMILES string of the molecule is CC[Si](CC)(CC)O[C@H]1CC2OCC2(O)C2[C@H](OC(=O)c3ccccc3)C3(O)CC(OC(=O)C4O[C@H](c5ccc(OC)cc5)N(C(=O)c5ccccc5)[C@H]4c4ccccc4)C(C)=C(C(OC(C)=O)C(=O)[C@@]21C)C3(C)C.[Ac]. The quantitative estimate of drug-likeness (QED) is 0.0527. The molecule has 401 valence electrons. The first kappa shape index (κ1) is 57.6. The van der Waals surface area contributed by atoms with Crippen molar-refractivity contribution in [3.63, 3.8) is 0 Å². The summed E-state index contributed by atoms with van der Waals surface area (Å²) in [4.78, 5) is 76.5. The van der Waals surface area contributed by atoms with Gasteiger partial charge >= 0.3 is 17.9 Å². The molecule has 2 saturated carbocycles. The van der Waals surface area contributed by atoms with E-state index in [1.54, 1.807) is 144 Å². The van der Waals surface area contributed by atoms with Crippen LogP contribution in [0.15, 0.2) is 126 Å². The molecule has 76 heavy (non-hydrogen) atoms. The number of nitrogens with zero attached hydrogens (tertiary/aromatic N) is 1. The molecule has 12 atom stereocenters. The molecule has 4 aromatic carbocycles. The Morgan fingerprint density at radius 2 is 1.36 bits per heavy atom. The van der Waals surface area contributed by atoms with Crippen molar-refractivity contribution in [3.8, 4) is 5.75 Å². The Kier molecular flexibility index (Phi) is 16.9. The first-order valence-corrected chi connectivity index (χ1v) is 28.6. The summed E-state index contributed by atoms with van der Waals surface area (Å²) < 4.78 is 45.2. The maximum atomic E-state index is 16.4. The van der Waals surface area contributed by atoms with E-state index in [9.17, 15) is 24.6 Å². The topological polar surface area (TPSA) is 194 Å². The van der Waals surface area contributed by atoms with E-state index in [0.29, 0.717) is 46.1 Å².